The van der Waals surface area contributed by atoms with E-state index in [4.69, 9.17) is 13.8 Å². The van der Waals surface area contributed by atoms with Crippen LogP contribution in [-0.2, 0) is 25.0 Å². The maximum absolute atomic E-state index is 15.0. The quantitative estimate of drug-likeness (QED) is 0.659. The fraction of sp³-hybridized carbons (Fsp3) is 0.412. The van der Waals surface area contributed by atoms with Gasteiger partial charge < -0.3 is 9.84 Å². The number of aromatic nitrogens is 2. The average Bonchev–Trinajstić information content (AvgIpc) is 2.89. The van der Waals surface area contributed by atoms with Crippen molar-refractivity contribution in [1.82, 2.24) is 9.55 Å². The number of ether oxygens (including phenoxy) is 1. The van der Waals surface area contributed by atoms with E-state index in [1.54, 1.807) is 24.3 Å². The summed E-state index contributed by atoms with van der Waals surface area (Å²) in [5.41, 5.74) is -3.09. The molecule has 0 amide bonds. The van der Waals surface area contributed by atoms with Gasteiger partial charge in [0.2, 0.25) is 0 Å². The molecule has 9 nitrogen and oxygen atoms in total. The topological polar surface area (TPSA) is 120 Å². The second-order valence-corrected chi connectivity index (χ2v) is 7.38. The van der Waals surface area contributed by atoms with E-state index in [1.165, 1.54) is 0 Å². The molecule has 5 atom stereocenters. The fourth-order valence-electron chi connectivity index (χ4n) is 2.84. The van der Waals surface area contributed by atoms with Crippen LogP contribution < -0.4 is 11.2 Å². The average molecular weight is 413 g/mol. The molecular weight excluding hydrogens is 394 g/mol. The predicted octanol–water partition coefficient (Wildman–Crippen LogP) is 1.41. The van der Waals surface area contributed by atoms with Crippen molar-refractivity contribution >= 4 is 8.25 Å². The highest BCUT2D eigenvalue weighted by molar-refractivity contribution is 7.33. The summed E-state index contributed by atoms with van der Waals surface area (Å²) in [4.78, 5) is 25.1. The Bertz CT molecular complexity index is 946. The van der Waals surface area contributed by atoms with Crippen LogP contribution >= 0.6 is 8.25 Å². The van der Waals surface area contributed by atoms with E-state index in [0.717, 1.165) is 29.3 Å². The largest absolute Gasteiger partial charge is 0.697 e. The van der Waals surface area contributed by atoms with Crippen LogP contribution in [0.3, 0.4) is 0 Å². The molecule has 1 saturated heterocycles. The number of aliphatic hydroxyl groups is 1. The van der Waals surface area contributed by atoms with Crippen LogP contribution in [0, 0.1) is 0 Å². The molecule has 11 heteroatoms. The number of benzene rings is 1. The molecule has 2 aromatic rings. The number of nitrogens with zero attached hydrogens (tertiary/aromatic N) is 1. The second kappa shape index (κ2) is 8.42. The van der Waals surface area contributed by atoms with Gasteiger partial charge in [-0.05, 0) is 12.5 Å². The van der Waals surface area contributed by atoms with Crippen LogP contribution in [0.4, 0.5) is 4.39 Å². The number of hydrogen-bond donors (Lipinski definition) is 2. The van der Waals surface area contributed by atoms with Crippen molar-refractivity contribution in [2.45, 2.75) is 37.6 Å². The summed E-state index contributed by atoms with van der Waals surface area (Å²) in [6.07, 6.45) is -3.28. The lowest BCUT2D eigenvalue weighted by Gasteiger charge is -2.24. The van der Waals surface area contributed by atoms with E-state index in [0.29, 0.717) is 0 Å². The van der Waals surface area contributed by atoms with Crippen molar-refractivity contribution in [3.63, 3.8) is 0 Å². The Kier molecular flexibility index (Phi) is 6.17. The highest BCUT2D eigenvalue weighted by atomic mass is 31.1. The van der Waals surface area contributed by atoms with E-state index in [2.05, 4.69) is 0 Å². The van der Waals surface area contributed by atoms with Gasteiger partial charge in [0.25, 0.3) is 5.56 Å². The molecule has 0 saturated carbocycles. The molecule has 2 heterocycles. The van der Waals surface area contributed by atoms with E-state index in [1.807, 2.05) is 11.1 Å². The minimum Gasteiger partial charge on any atom is -0.387 e. The van der Waals surface area contributed by atoms with Crippen molar-refractivity contribution in [3.05, 3.63) is 69.0 Å². The Morgan fingerprint density at radius 2 is 2.00 bits per heavy atom. The highest BCUT2D eigenvalue weighted by Crippen LogP contribution is 2.41. The van der Waals surface area contributed by atoms with Gasteiger partial charge in [0, 0.05) is 16.8 Å². The van der Waals surface area contributed by atoms with E-state index >= 15 is 0 Å². The minimum atomic E-state index is -2.53. The van der Waals surface area contributed by atoms with Crippen LogP contribution in [0.5, 0.6) is 0 Å². The van der Waals surface area contributed by atoms with Gasteiger partial charge in [-0.25, -0.2) is 9.18 Å². The van der Waals surface area contributed by atoms with Crippen molar-refractivity contribution in [1.29, 1.82) is 0 Å². The smallest absolute Gasteiger partial charge is 0.387 e. The lowest BCUT2D eigenvalue weighted by molar-refractivity contribution is -0.0591. The van der Waals surface area contributed by atoms with Crippen molar-refractivity contribution in [3.8, 4) is 0 Å². The first kappa shape index (κ1) is 20.5. The number of H-pyrrole nitrogens is 1. The number of rotatable bonds is 7. The monoisotopic (exact) mass is 413 g/mol. The van der Waals surface area contributed by atoms with E-state index in [9.17, 15) is 23.7 Å². The molecule has 1 aliphatic heterocycles. The Balaban J connectivity index is 1.61. The molecule has 1 unspecified atom stereocenters. The Morgan fingerprint density at radius 1 is 1.29 bits per heavy atom. The zero-order valence-corrected chi connectivity index (χ0v) is 15.8. The van der Waals surface area contributed by atoms with Gasteiger partial charge in [-0.1, -0.05) is 30.3 Å². The molecule has 28 heavy (non-hydrogen) atoms. The first-order valence-electron chi connectivity index (χ1n) is 8.40. The molecule has 1 fully saturated rings. The van der Waals surface area contributed by atoms with Gasteiger partial charge in [0.15, 0.2) is 11.9 Å². The molecule has 2 N–H and O–H groups in total. The maximum atomic E-state index is 15.0. The van der Waals surface area contributed by atoms with E-state index in [-0.39, 0.29) is 6.61 Å². The normalized spacial score (nSPS) is 27.7. The molecule has 1 aliphatic rings. The third kappa shape index (κ3) is 4.43. The lowest BCUT2D eigenvalue weighted by Crippen LogP contribution is -2.43. The summed E-state index contributed by atoms with van der Waals surface area (Å²) < 4.78 is 43.2. The van der Waals surface area contributed by atoms with Gasteiger partial charge >= 0.3 is 13.9 Å². The van der Waals surface area contributed by atoms with Crippen LogP contribution in [0.1, 0.15) is 18.7 Å². The van der Waals surface area contributed by atoms with Gasteiger partial charge in [0.1, 0.15) is 25.4 Å². The van der Waals surface area contributed by atoms with Crippen molar-refractivity contribution in [2.24, 2.45) is 0 Å². The van der Waals surface area contributed by atoms with Crippen LogP contribution in [-0.4, -0.2) is 39.1 Å². The summed E-state index contributed by atoms with van der Waals surface area (Å²) in [6, 6.07) is 10.0. The van der Waals surface area contributed by atoms with Gasteiger partial charge in [-0.2, -0.15) is 0 Å². The zero-order chi connectivity index (χ0) is 20.3. The summed E-state index contributed by atoms with van der Waals surface area (Å²) >= 11 is 0. The molecule has 1 aromatic heterocycles. The van der Waals surface area contributed by atoms with Gasteiger partial charge in [-0.15, -0.1) is 9.05 Å². The molecule has 150 valence electrons. The third-order valence-corrected chi connectivity index (χ3v) is 5.04. The number of aromatic amines is 1. The molecule has 3 rings (SSSR count). The van der Waals surface area contributed by atoms with Crippen LogP contribution in [0.2, 0.25) is 0 Å². The molecule has 0 aliphatic carbocycles. The molecular formula is C17H19FN2O7P+. The van der Waals surface area contributed by atoms with Gasteiger partial charge in [0.05, 0.1) is 0 Å². The number of aliphatic hydroxyl groups excluding tert-OH is 1. The molecule has 1 aromatic carbocycles. The fourth-order valence-corrected chi connectivity index (χ4v) is 3.43. The van der Waals surface area contributed by atoms with Crippen LogP contribution in [0.15, 0.2) is 52.2 Å². The first-order valence-corrected chi connectivity index (χ1v) is 9.49. The second-order valence-electron chi connectivity index (χ2n) is 6.42. The number of nitrogens with one attached hydrogen (secondary N) is 1. The summed E-state index contributed by atoms with van der Waals surface area (Å²) in [7, 11) is -2.53. The Hall–Kier alpha value is -2.23. The summed E-state index contributed by atoms with van der Waals surface area (Å²) in [5.74, 6) is 0. The Labute approximate surface area is 159 Å². The summed E-state index contributed by atoms with van der Waals surface area (Å²) in [6.45, 7) is 0.700. The maximum Gasteiger partial charge on any atom is 0.697 e. The van der Waals surface area contributed by atoms with Crippen molar-refractivity contribution < 1.29 is 27.8 Å². The molecule has 0 bridgehead atoms. The molecule has 0 radical (unpaired) electrons. The number of halogens is 1. The van der Waals surface area contributed by atoms with E-state index < -0.39 is 50.2 Å². The number of alkyl halides is 1. The predicted molar refractivity (Wildman–Crippen MR) is 95.5 cm³/mol. The third-order valence-electron chi connectivity index (χ3n) is 4.34. The van der Waals surface area contributed by atoms with Crippen molar-refractivity contribution in [2.75, 3.05) is 6.61 Å². The number of hydrogen-bond acceptors (Lipinski definition) is 7. The van der Waals surface area contributed by atoms with Crippen LogP contribution in [0.25, 0.3) is 0 Å². The lowest BCUT2D eigenvalue weighted by atomic mass is 9.98. The minimum absolute atomic E-state index is 0.0559. The first-order chi connectivity index (χ1) is 13.3. The molecule has 0 spiro atoms. The highest BCUT2D eigenvalue weighted by Gasteiger charge is 2.56. The Morgan fingerprint density at radius 3 is 2.68 bits per heavy atom. The zero-order valence-electron chi connectivity index (χ0n) is 14.9. The summed E-state index contributed by atoms with van der Waals surface area (Å²) in [5, 5.41) is 10.2. The van der Waals surface area contributed by atoms with Gasteiger partial charge in [-0.3, -0.25) is 14.3 Å². The standard InChI is InChI=1S/C17H18FN2O7P/c1-17(18)14(22)12(27-15(17)20-8-7-13(21)19-16(20)23)10-26-28(24)25-9-11-5-3-2-4-6-11/h2-8,12,14-15,22H,9-10H2,1H3/p+1/t12-,14-,15-,17-/m1/s1. The SMILES string of the molecule is C[C@@]1(F)[C@H](O)[C@@H](CO[P+](=O)OCc2ccccc2)O[C@H]1n1ccc(=O)[nH]c1=O.